The molecule has 2 aromatic carbocycles. The van der Waals surface area contributed by atoms with Gasteiger partial charge in [-0.05, 0) is 49.6 Å². The number of rotatable bonds is 8. The molecule has 1 aliphatic rings. The fraction of sp³-hybridized carbons (Fsp3) is 0.440. The molecule has 8 nitrogen and oxygen atoms in total. The van der Waals surface area contributed by atoms with Crippen LogP contribution in [0.3, 0.4) is 0 Å². The van der Waals surface area contributed by atoms with Gasteiger partial charge in [-0.3, -0.25) is 9.59 Å². The van der Waals surface area contributed by atoms with Crippen molar-refractivity contribution in [2.24, 2.45) is 5.92 Å². The van der Waals surface area contributed by atoms with E-state index in [0.29, 0.717) is 18.8 Å². The molecule has 1 aliphatic heterocycles. The van der Waals surface area contributed by atoms with Crippen molar-refractivity contribution < 1.29 is 22.7 Å². The number of nitrogens with one attached hydrogen (secondary N) is 2. The van der Waals surface area contributed by atoms with Gasteiger partial charge >= 0.3 is 0 Å². The number of hydrogen-bond donors (Lipinski definition) is 2. The number of benzene rings is 2. The number of hydrogen-bond acceptors (Lipinski definition) is 5. The summed E-state index contributed by atoms with van der Waals surface area (Å²) in [5.74, 6) is -0.733. The molecule has 0 unspecified atom stereocenters. The zero-order chi connectivity index (χ0) is 24.9. The summed E-state index contributed by atoms with van der Waals surface area (Å²) < 4.78 is 33.1. The number of carbonyl (C=O) groups excluding carboxylic acids is 2. The molecule has 0 radical (unpaired) electrons. The molecule has 3 atom stereocenters. The van der Waals surface area contributed by atoms with Crippen LogP contribution in [0.2, 0.25) is 0 Å². The van der Waals surface area contributed by atoms with E-state index in [1.807, 2.05) is 58.0 Å². The first kappa shape index (κ1) is 25.9. The van der Waals surface area contributed by atoms with Crippen molar-refractivity contribution in [1.82, 2.24) is 9.62 Å². The summed E-state index contributed by atoms with van der Waals surface area (Å²) in [6.45, 7) is 8.00. The second kappa shape index (κ2) is 11.1. The maximum absolute atomic E-state index is 13.0. The summed E-state index contributed by atoms with van der Waals surface area (Å²) in [5, 5.41) is 5.59. The highest BCUT2D eigenvalue weighted by Crippen LogP contribution is 2.22. The minimum atomic E-state index is -3.66. The van der Waals surface area contributed by atoms with E-state index < -0.39 is 16.1 Å². The van der Waals surface area contributed by atoms with Gasteiger partial charge in [0.25, 0.3) is 0 Å². The molecule has 1 fully saturated rings. The third kappa shape index (κ3) is 6.65. The Balaban J connectivity index is 1.64. The number of anilines is 1. The van der Waals surface area contributed by atoms with Crippen molar-refractivity contribution in [1.29, 1.82) is 0 Å². The summed E-state index contributed by atoms with van der Waals surface area (Å²) in [4.78, 5) is 25.5. The largest absolute Gasteiger partial charge is 0.373 e. The summed E-state index contributed by atoms with van der Waals surface area (Å²) in [7, 11) is -3.66. The quantitative estimate of drug-likeness (QED) is 0.596. The summed E-state index contributed by atoms with van der Waals surface area (Å²) in [6, 6.07) is 14.7. The van der Waals surface area contributed by atoms with Crippen LogP contribution in [0.25, 0.3) is 0 Å². The van der Waals surface area contributed by atoms with Crippen LogP contribution in [0.5, 0.6) is 0 Å². The Labute approximate surface area is 201 Å². The van der Waals surface area contributed by atoms with E-state index >= 15 is 0 Å². The van der Waals surface area contributed by atoms with E-state index in [-0.39, 0.29) is 41.3 Å². The Morgan fingerprint density at radius 1 is 1.00 bits per heavy atom. The van der Waals surface area contributed by atoms with E-state index in [0.717, 1.165) is 5.56 Å². The van der Waals surface area contributed by atoms with Crippen LogP contribution in [-0.4, -0.2) is 55.9 Å². The minimum Gasteiger partial charge on any atom is -0.373 e. The van der Waals surface area contributed by atoms with Gasteiger partial charge in [-0.2, -0.15) is 4.31 Å². The molecule has 0 aromatic heterocycles. The van der Waals surface area contributed by atoms with Crippen molar-refractivity contribution in [3.8, 4) is 0 Å². The van der Waals surface area contributed by atoms with Gasteiger partial charge in [0, 0.05) is 18.8 Å². The number of amides is 2. The third-order valence-electron chi connectivity index (χ3n) is 5.62. The molecule has 9 heteroatoms. The first-order valence-electron chi connectivity index (χ1n) is 11.5. The molecule has 1 heterocycles. The molecule has 2 aromatic rings. The van der Waals surface area contributed by atoms with Crippen LogP contribution in [0.15, 0.2) is 59.5 Å². The van der Waals surface area contributed by atoms with Gasteiger partial charge in [0.2, 0.25) is 21.8 Å². The van der Waals surface area contributed by atoms with Gasteiger partial charge in [-0.25, -0.2) is 8.42 Å². The minimum absolute atomic E-state index is 0.135. The second-order valence-electron chi connectivity index (χ2n) is 9.04. The summed E-state index contributed by atoms with van der Waals surface area (Å²) in [6.07, 6.45) is -0.174. The molecule has 0 saturated carbocycles. The highest BCUT2D eigenvalue weighted by Gasteiger charge is 2.32. The lowest BCUT2D eigenvalue weighted by molar-refractivity contribution is -0.127. The maximum atomic E-state index is 13.0. The molecule has 3 rings (SSSR count). The SMILES string of the molecule is CC(C)[C@@H](NC(=O)Cc1ccccc1)C(=O)Nc1ccc(S(=O)(=O)N2C[C@@H](C)O[C@H](C)C2)cc1. The Morgan fingerprint density at radius 3 is 2.15 bits per heavy atom. The average molecular weight is 488 g/mol. The number of carbonyl (C=O) groups is 2. The molecule has 184 valence electrons. The molecule has 2 amide bonds. The number of morpholine rings is 1. The van der Waals surface area contributed by atoms with Crippen molar-refractivity contribution in [2.45, 2.75) is 57.3 Å². The van der Waals surface area contributed by atoms with Crippen LogP contribution in [0.4, 0.5) is 5.69 Å². The standard InChI is InChI=1S/C25H33N3O5S/c1-17(2)24(27-23(29)14-20-8-6-5-7-9-20)25(30)26-21-10-12-22(13-11-21)34(31,32)28-15-18(3)33-19(4)16-28/h5-13,17-19,24H,14-16H2,1-4H3,(H,26,30)(H,27,29)/t18-,19-,24-/m1/s1. The first-order valence-corrected chi connectivity index (χ1v) is 12.9. The van der Waals surface area contributed by atoms with Gasteiger partial charge in [0.1, 0.15) is 6.04 Å². The Morgan fingerprint density at radius 2 is 1.59 bits per heavy atom. The Hall–Kier alpha value is -2.75. The molecule has 0 bridgehead atoms. The average Bonchev–Trinajstić information content (AvgIpc) is 2.77. The van der Waals surface area contributed by atoms with E-state index in [2.05, 4.69) is 10.6 Å². The van der Waals surface area contributed by atoms with Gasteiger partial charge in [-0.1, -0.05) is 44.2 Å². The lowest BCUT2D eigenvalue weighted by atomic mass is 10.0. The predicted octanol–water partition coefficient (Wildman–Crippen LogP) is 2.81. The molecule has 0 aliphatic carbocycles. The molecule has 34 heavy (non-hydrogen) atoms. The summed E-state index contributed by atoms with van der Waals surface area (Å²) >= 11 is 0. The lowest BCUT2D eigenvalue weighted by Gasteiger charge is -2.34. The van der Waals surface area contributed by atoms with Gasteiger partial charge in [0.05, 0.1) is 23.5 Å². The van der Waals surface area contributed by atoms with E-state index in [1.54, 1.807) is 12.1 Å². The fourth-order valence-electron chi connectivity index (χ4n) is 3.95. The Bertz CT molecular complexity index is 1080. The van der Waals surface area contributed by atoms with Crippen molar-refractivity contribution in [3.05, 3.63) is 60.2 Å². The molecule has 0 spiro atoms. The maximum Gasteiger partial charge on any atom is 0.247 e. The number of nitrogens with zero attached hydrogens (tertiary/aromatic N) is 1. The van der Waals surface area contributed by atoms with Crippen molar-refractivity contribution in [3.63, 3.8) is 0 Å². The van der Waals surface area contributed by atoms with Gasteiger partial charge in [0.15, 0.2) is 0 Å². The normalized spacial score (nSPS) is 20.0. The van der Waals surface area contributed by atoms with Crippen molar-refractivity contribution in [2.75, 3.05) is 18.4 Å². The van der Waals surface area contributed by atoms with Crippen LogP contribution in [0.1, 0.15) is 33.3 Å². The van der Waals surface area contributed by atoms with Gasteiger partial charge < -0.3 is 15.4 Å². The van der Waals surface area contributed by atoms with Gasteiger partial charge in [-0.15, -0.1) is 0 Å². The fourth-order valence-corrected chi connectivity index (χ4v) is 5.54. The lowest BCUT2D eigenvalue weighted by Crippen LogP contribution is -2.48. The monoisotopic (exact) mass is 487 g/mol. The summed E-state index contributed by atoms with van der Waals surface area (Å²) in [5.41, 5.74) is 1.32. The topological polar surface area (TPSA) is 105 Å². The van der Waals surface area contributed by atoms with Crippen LogP contribution >= 0.6 is 0 Å². The molecule has 2 N–H and O–H groups in total. The van der Waals surface area contributed by atoms with Crippen molar-refractivity contribution >= 4 is 27.5 Å². The van der Waals surface area contributed by atoms with E-state index in [1.165, 1.54) is 16.4 Å². The highest BCUT2D eigenvalue weighted by molar-refractivity contribution is 7.89. The molecular weight excluding hydrogens is 454 g/mol. The molecule has 1 saturated heterocycles. The second-order valence-corrected chi connectivity index (χ2v) is 11.0. The van der Waals surface area contributed by atoms with Crippen LogP contribution in [-0.2, 0) is 30.8 Å². The van der Waals surface area contributed by atoms with Crippen LogP contribution in [0, 0.1) is 5.92 Å². The zero-order valence-electron chi connectivity index (χ0n) is 20.0. The number of ether oxygens (including phenoxy) is 1. The van der Waals surface area contributed by atoms with Crippen LogP contribution < -0.4 is 10.6 Å². The molecular formula is C25H33N3O5S. The Kier molecular flexibility index (Phi) is 8.46. The third-order valence-corrected chi connectivity index (χ3v) is 7.46. The zero-order valence-corrected chi connectivity index (χ0v) is 20.8. The first-order chi connectivity index (χ1) is 16.1. The van der Waals surface area contributed by atoms with E-state index in [4.69, 9.17) is 4.74 Å². The predicted molar refractivity (Wildman–Crippen MR) is 131 cm³/mol. The smallest absolute Gasteiger partial charge is 0.247 e. The highest BCUT2D eigenvalue weighted by atomic mass is 32.2. The van der Waals surface area contributed by atoms with E-state index in [9.17, 15) is 18.0 Å². The number of sulfonamides is 1.